The van der Waals surface area contributed by atoms with Gasteiger partial charge in [0.05, 0.1) is 8.33 Å². The van der Waals surface area contributed by atoms with Crippen LogP contribution in [0.1, 0.15) is 17.5 Å². The van der Waals surface area contributed by atoms with Crippen molar-refractivity contribution >= 4 is 32.7 Å². The van der Waals surface area contributed by atoms with Crippen LogP contribution in [-0.4, -0.2) is 13.0 Å². The molecule has 0 fully saturated rings. The molecule has 1 atom stereocenters. The van der Waals surface area contributed by atoms with Gasteiger partial charge in [-0.1, -0.05) is 59.0 Å². The van der Waals surface area contributed by atoms with Gasteiger partial charge in [0.2, 0.25) is 0 Å². The van der Waals surface area contributed by atoms with Crippen LogP contribution in [0, 0.1) is 6.92 Å². The highest BCUT2D eigenvalue weighted by Crippen LogP contribution is 2.42. The van der Waals surface area contributed by atoms with Gasteiger partial charge < -0.3 is 0 Å². The molecule has 96 valence electrons. The minimum atomic E-state index is -4.10. The van der Waals surface area contributed by atoms with Crippen molar-refractivity contribution in [2.24, 2.45) is 0 Å². The molecule has 1 aliphatic rings. The van der Waals surface area contributed by atoms with Gasteiger partial charge in [0.15, 0.2) is 0 Å². The lowest BCUT2D eigenvalue weighted by atomic mass is 9.89. The molecule has 0 bridgehead atoms. The third-order valence-electron chi connectivity index (χ3n) is 3.00. The predicted octanol–water partition coefficient (Wildman–Crippen LogP) is 3.36. The molecule has 0 aromatic heterocycles. The Morgan fingerprint density at radius 1 is 1.33 bits per heavy atom. The molecular formula is C13H13IO3S. The molecule has 1 unspecified atom stereocenters. The van der Waals surface area contributed by atoms with Crippen LogP contribution in [0.25, 0.3) is 0 Å². The normalized spacial score (nSPS) is 23.8. The van der Waals surface area contributed by atoms with E-state index in [4.69, 9.17) is 4.55 Å². The second-order valence-electron chi connectivity index (χ2n) is 4.30. The maximum atomic E-state index is 11.0. The molecule has 0 amide bonds. The Hall–Kier alpha value is -0.660. The molecule has 1 aromatic rings. The lowest BCUT2D eigenvalue weighted by molar-refractivity contribution is 0.491. The highest BCUT2D eigenvalue weighted by atomic mass is 127. The summed E-state index contributed by atoms with van der Waals surface area (Å²) < 4.78 is 30.8. The quantitative estimate of drug-likeness (QED) is 0.489. The predicted molar refractivity (Wildman–Crippen MR) is 80.3 cm³/mol. The topological polar surface area (TPSA) is 54.4 Å². The monoisotopic (exact) mass is 376 g/mol. The minimum absolute atomic E-state index is 0.0247. The molecule has 18 heavy (non-hydrogen) atoms. The summed E-state index contributed by atoms with van der Waals surface area (Å²) in [5.41, 5.74) is 2.33. The number of hydrogen-bond donors (Lipinski definition) is 1. The van der Waals surface area contributed by atoms with Gasteiger partial charge in [0.1, 0.15) is 0 Å². The third-order valence-corrected chi connectivity index (χ3v) is 5.28. The van der Waals surface area contributed by atoms with E-state index in [2.05, 4.69) is 22.6 Å². The Labute approximate surface area is 120 Å². The van der Waals surface area contributed by atoms with Gasteiger partial charge in [-0.05, 0) is 30.5 Å². The summed E-state index contributed by atoms with van der Waals surface area (Å²) >= 11 is 2.31. The Kier molecular flexibility index (Phi) is 3.66. The van der Waals surface area contributed by atoms with Crippen LogP contribution in [0.15, 0.2) is 47.4 Å². The Morgan fingerprint density at radius 2 is 2.00 bits per heavy atom. The molecule has 1 aromatic carbocycles. The van der Waals surface area contributed by atoms with Crippen LogP contribution >= 0.6 is 22.6 Å². The van der Waals surface area contributed by atoms with Crippen LogP contribution in [0.3, 0.4) is 0 Å². The zero-order valence-corrected chi connectivity index (χ0v) is 12.8. The van der Waals surface area contributed by atoms with Crippen molar-refractivity contribution < 1.29 is 13.0 Å². The van der Waals surface area contributed by atoms with Crippen molar-refractivity contribution in [1.82, 2.24) is 0 Å². The van der Waals surface area contributed by atoms with Gasteiger partial charge in [-0.2, -0.15) is 8.42 Å². The molecule has 1 N–H and O–H groups in total. The van der Waals surface area contributed by atoms with Crippen LogP contribution in [0.5, 0.6) is 0 Å². The summed E-state index contributed by atoms with van der Waals surface area (Å²) in [6, 6.07) is 8.02. The van der Waals surface area contributed by atoms with E-state index in [0.717, 1.165) is 5.56 Å². The van der Waals surface area contributed by atoms with Crippen molar-refractivity contribution in [2.45, 2.75) is 16.8 Å². The average molecular weight is 376 g/mol. The number of aryl methyl sites for hydroxylation is 1. The fourth-order valence-electron chi connectivity index (χ4n) is 2.03. The lowest BCUT2D eigenvalue weighted by Gasteiger charge is -2.27. The van der Waals surface area contributed by atoms with Crippen molar-refractivity contribution in [3.05, 3.63) is 58.5 Å². The molecule has 0 saturated heterocycles. The van der Waals surface area contributed by atoms with Crippen molar-refractivity contribution in [2.75, 3.05) is 0 Å². The molecule has 1 aliphatic carbocycles. The molecule has 2 rings (SSSR count). The van der Waals surface area contributed by atoms with Gasteiger partial charge in [0.25, 0.3) is 10.1 Å². The Bertz CT molecular complexity index is 631. The zero-order chi connectivity index (χ0) is 13.4. The first-order valence-corrected chi connectivity index (χ1v) is 7.97. The van der Waals surface area contributed by atoms with E-state index in [1.807, 2.05) is 37.3 Å². The van der Waals surface area contributed by atoms with Crippen LogP contribution < -0.4 is 0 Å². The summed E-state index contributed by atoms with van der Waals surface area (Å²) in [4.78, 5) is -0.0247. The van der Waals surface area contributed by atoms with Crippen molar-refractivity contribution in [1.29, 1.82) is 0 Å². The average Bonchev–Trinajstić information content (AvgIpc) is 2.28. The second kappa shape index (κ2) is 4.79. The number of halogens is 1. The number of hydrogen-bond acceptors (Lipinski definition) is 2. The molecule has 0 saturated carbocycles. The van der Waals surface area contributed by atoms with Gasteiger partial charge in [-0.25, -0.2) is 0 Å². The third kappa shape index (κ3) is 2.67. The summed E-state index contributed by atoms with van der Waals surface area (Å²) in [6.07, 6.45) is 5.41. The summed E-state index contributed by atoms with van der Waals surface area (Å²) in [7, 11) is -4.10. The van der Waals surface area contributed by atoms with Gasteiger partial charge in [-0.3, -0.25) is 4.55 Å². The maximum absolute atomic E-state index is 11.0. The fraction of sp³-hybridized carbons (Fsp3) is 0.231. The Morgan fingerprint density at radius 3 is 2.50 bits per heavy atom. The second-order valence-corrected chi connectivity index (χ2v) is 7.64. The standard InChI is InChI=1S/C13H13IO3S/c1-10-4-2-3-5-12(10)13(14)8-6-11(7-9-13)18(15,16)17/h2-8H,9H2,1H3,(H,15,16,17). The maximum Gasteiger partial charge on any atom is 0.294 e. The van der Waals surface area contributed by atoms with E-state index < -0.39 is 10.1 Å². The van der Waals surface area contributed by atoms with Gasteiger partial charge in [-0.15, -0.1) is 0 Å². The minimum Gasteiger partial charge on any atom is -0.282 e. The number of alkyl halides is 1. The first kappa shape index (κ1) is 13.8. The molecule has 3 nitrogen and oxygen atoms in total. The first-order valence-electron chi connectivity index (χ1n) is 5.45. The molecular weight excluding hydrogens is 363 g/mol. The van der Waals surface area contributed by atoms with E-state index in [0.29, 0.717) is 6.42 Å². The molecule has 0 radical (unpaired) electrons. The molecule has 0 spiro atoms. The number of benzene rings is 1. The van der Waals surface area contributed by atoms with E-state index >= 15 is 0 Å². The van der Waals surface area contributed by atoms with E-state index in [1.54, 1.807) is 6.08 Å². The summed E-state index contributed by atoms with van der Waals surface area (Å²) in [5.74, 6) is 0. The molecule has 0 heterocycles. The summed E-state index contributed by atoms with van der Waals surface area (Å²) in [5, 5.41) is 0. The van der Waals surface area contributed by atoms with Crippen LogP contribution in [0.2, 0.25) is 0 Å². The van der Waals surface area contributed by atoms with E-state index in [9.17, 15) is 8.42 Å². The number of rotatable bonds is 2. The zero-order valence-electron chi connectivity index (χ0n) is 9.80. The SMILES string of the molecule is Cc1ccccc1C1(I)C=CC(S(=O)(=O)O)=CC1. The highest BCUT2D eigenvalue weighted by Gasteiger charge is 2.30. The number of allylic oxidation sites excluding steroid dienone is 3. The fourth-order valence-corrected chi connectivity index (χ4v) is 3.57. The Balaban J connectivity index is 2.38. The van der Waals surface area contributed by atoms with Crippen molar-refractivity contribution in [3.8, 4) is 0 Å². The van der Waals surface area contributed by atoms with Gasteiger partial charge in [0, 0.05) is 0 Å². The van der Waals surface area contributed by atoms with E-state index in [1.165, 1.54) is 11.6 Å². The first-order chi connectivity index (χ1) is 8.33. The van der Waals surface area contributed by atoms with E-state index in [-0.39, 0.29) is 8.33 Å². The smallest absolute Gasteiger partial charge is 0.282 e. The lowest BCUT2D eigenvalue weighted by Crippen LogP contribution is -2.19. The molecule has 5 heteroatoms. The van der Waals surface area contributed by atoms with Crippen LogP contribution in [0.4, 0.5) is 0 Å². The van der Waals surface area contributed by atoms with Crippen molar-refractivity contribution in [3.63, 3.8) is 0 Å². The highest BCUT2D eigenvalue weighted by molar-refractivity contribution is 14.1. The summed E-state index contributed by atoms with van der Waals surface area (Å²) in [6.45, 7) is 2.03. The van der Waals surface area contributed by atoms with Crippen LogP contribution in [-0.2, 0) is 13.5 Å². The molecule has 0 aliphatic heterocycles. The van der Waals surface area contributed by atoms with Gasteiger partial charge >= 0.3 is 0 Å². The largest absolute Gasteiger partial charge is 0.294 e.